The molecule has 0 fully saturated rings. The van der Waals surface area contributed by atoms with E-state index >= 15 is 0 Å². The fraction of sp³-hybridized carbons (Fsp3) is 0.267. The Hall–Kier alpha value is -1.25. The standard InChI is InChI=1S/C9H9BrF3N.C6H5Cl/c1-5(2)7(4-14)8(10)6(3)9(11,12)13;7-6-4-2-1-3-5-6/h1-3H3;1-5H/b8-6-;. The Balaban J connectivity index is 0.000000471. The fourth-order valence-electron chi connectivity index (χ4n) is 1.11. The molecule has 0 unspecified atom stereocenters. The summed E-state index contributed by atoms with van der Waals surface area (Å²) >= 11 is 8.33. The molecule has 0 aliphatic rings. The average molecular weight is 381 g/mol. The first-order valence-electron chi connectivity index (χ1n) is 5.83. The second-order valence-electron chi connectivity index (χ2n) is 4.22. The van der Waals surface area contributed by atoms with Crippen LogP contribution in [0.25, 0.3) is 0 Å². The molecule has 1 rings (SSSR count). The highest BCUT2D eigenvalue weighted by Gasteiger charge is 2.33. The van der Waals surface area contributed by atoms with Gasteiger partial charge in [-0.05, 0) is 48.8 Å². The summed E-state index contributed by atoms with van der Waals surface area (Å²) in [6.07, 6.45) is -4.41. The van der Waals surface area contributed by atoms with Crippen LogP contribution in [0.4, 0.5) is 13.2 Å². The predicted octanol–water partition coefficient (Wildman–Crippen LogP) is 6.42. The van der Waals surface area contributed by atoms with Crippen LogP contribution < -0.4 is 0 Å². The molecule has 0 spiro atoms. The minimum Gasteiger partial charge on any atom is -0.192 e. The smallest absolute Gasteiger partial charge is 0.192 e. The molecule has 1 nitrogen and oxygen atoms in total. The molecule has 0 aliphatic carbocycles. The van der Waals surface area contributed by atoms with Gasteiger partial charge in [0.1, 0.15) is 6.07 Å². The number of halogens is 5. The van der Waals surface area contributed by atoms with Gasteiger partial charge in [-0.3, -0.25) is 0 Å². The third-order valence-corrected chi connectivity index (χ3v) is 3.56. The van der Waals surface area contributed by atoms with Crippen molar-refractivity contribution in [1.29, 1.82) is 5.26 Å². The number of nitrogens with zero attached hydrogens (tertiary/aromatic N) is 1. The van der Waals surface area contributed by atoms with Crippen LogP contribution in [0.2, 0.25) is 5.02 Å². The number of hydrogen-bond acceptors (Lipinski definition) is 1. The molecular formula is C15H14BrClF3N. The van der Waals surface area contributed by atoms with Crippen LogP contribution in [0.1, 0.15) is 20.8 Å². The number of rotatable bonds is 1. The molecule has 21 heavy (non-hydrogen) atoms. The highest BCUT2D eigenvalue weighted by molar-refractivity contribution is 9.12. The summed E-state index contributed by atoms with van der Waals surface area (Å²) in [5.74, 6) is 0. The van der Waals surface area contributed by atoms with Crippen LogP contribution in [-0.4, -0.2) is 6.18 Å². The van der Waals surface area contributed by atoms with Crippen molar-refractivity contribution in [2.24, 2.45) is 0 Å². The first kappa shape index (κ1) is 19.8. The molecule has 114 valence electrons. The van der Waals surface area contributed by atoms with Crippen LogP contribution >= 0.6 is 27.5 Å². The molecule has 6 heteroatoms. The summed E-state index contributed by atoms with van der Waals surface area (Å²) in [6, 6.07) is 11.2. The van der Waals surface area contributed by atoms with E-state index in [1.54, 1.807) is 19.9 Å². The van der Waals surface area contributed by atoms with Crippen LogP contribution in [0.15, 0.2) is 51.5 Å². The lowest BCUT2D eigenvalue weighted by Crippen LogP contribution is -2.11. The van der Waals surface area contributed by atoms with Gasteiger partial charge in [-0.25, -0.2) is 0 Å². The van der Waals surface area contributed by atoms with Gasteiger partial charge >= 0.3 is 6.18 Å². The van der Waals surface area contributed by atoms with Gasteiger partial charge in [-0.1, -0.05) is 35.4 Å². The van der Waals surface area contributed by atoms with Crippen molar-refractivity contribution in [3.63, 3.8) is 0 Å². The molecule has 0 aliphatic heterocycles. The van der Waals surface area contributed by atoms with E-state index < -0.39 is 11.7 Å². The van der Waals surface area contributed by atoms with E-state index in [2.05, 4.69) is 15.9 Å². The summed E-state index contributed by atoms with van der Waals surface area (Å²) in [7, 11) is 0. The van der Waals surface area contributed by atoms with Crippen molar-refractivity contribution in [2.45, 2.75) is 26.9 Å². The van der Waals surface area contributed by atoms with Crippen molar-refractivity contribution in [3.8, 4) is 6.07 Å². The minimum absolute atomic E-state index is 0.0276. The first-order chi connectivity index (χ1) is 9.61. The summed E-state index contributed by atoms with van der Waals surface area (Å²) in [6.45, 7) is 4.11. The molecule has 0 bridgehead atoms. The molecule has 0 radical (unpaired) electrons. The molecule has 0 atom stereocenters. The van der Waals surface area contributed by atoms with Gasteiger partial charge in [0.15, 0.2) is 0 Å². The number of nitriles is 1. The number of benzene rings is 1. The van der Waals surface area contributed by atoms with Gasteiger partial charge in [-0.15, -0.1) is 0 Å². The van der Waals surface area contributed by atoms with Gasteiger partial charge in [0.25, 0.3) is 0 Å². The maximum Gasteiger partial charge on any atom is 0.413 e. The van der Waals surface area contributed by atoms with Gasteiger partial charge in [0.05, 0.1) is 5.57 Å². The summed E-state index contributed by atoms with van der Waals surface area (Å²) in [4.78, 5) is 0. The zero-order valence-corrected chi connectivity index (χ0v) is 14.1. The van der Waals surface area contributed by atoms with E-state index in [1.165, 1.54) is 0 Å². The van der Waals surface area contributed by atoms with Gasteiger partial charge in [0, 0.05) is 15.1 Å². The topological polar surface area (TPSA) is 23.8 Å². The van der Waals surface area contributed by atoms with Crippen molar-refractivity contribution in [2.75, 3.05) is 0 Å². The zero-order valence-electron chi connectivity index (χ0n) is 11.7. The van der Waals surface area contributed by atoms with Crippen LogP contribution in [0.5, 0.6) is 0 Å². The van der Waals surface area contributed by atoms with Crippen molar-refractivity contribution in [1.82, 2.24) is 0 Å². The van der Waals surface area contributed by atoms with Crippen molar-refractivity contribution in [3.05, 3.63) is 56.6 Å². The van der Waals surface area contributed by atoms with Gasteiger partial charge < -0.3 is 0 Å². The van der Waals surface area contributed by atoms with Crippen molar-refractivity contribution < 1.29 is 13.2 Å². The molecular weight excluding hydrogens is 367 g/mol. The van der Waals surface area contributed by atoms with E-state index in [1.807, 2.05) is 30.3 Å². The molecule has 1 aromatic rings. The molecule has 0 heterocycles. The predicted molar refractivity (Wildman–Crippen MR) is 83.1 cm³/mol. The lowest BCUT2D eigenvalue weighted by molar-refractivity contribution is -0.0915. The highest BCUT2D eigenvalue weighted by atomic mass is 79.9. The van der Waals surface area contributed by atoms with Crippen molar-refractivity contribution >= 4 is 27.5 Å². The largest absolute Gasteiger partial charge is 0.413 e. The Kier molecular flexibility index (Phi) is 8.38. The Morgan fingerprint density at radius 1 is 1.14 bits per heavy atom. The van der Waals surface area contributed by atoms with Crippen LogP contribution in [0, 0.1) is 11.3 Å². The summed E-state index contributed by atoms with van der Waals surface area (Å²) in [5.41, 5.74) is -0.224. The average Bonchev–Trinajstić information content (AvgIpc) is 2.38. The Bertz CT molecular complexity index is 565. The maximum atomic E-state index is 12.2. The Morgan fingerprint density at radius 3 is 1.86 bits per heavy atom. The normalized spacial score (nSPS) is 11.6. The SMILES string of the molecule is CC(C)=C(C#N)/C(Br)=C(\C)C(F)(F)F.Clc1ccccc1. The Labute approximate surface area is 135 Å². The third kappa shape index (κ3) is 7.35. The van der Waals surface area contributed by atoms with E-state index in [9.17, 15) is 13.2 Å². The highest BCUT2D eigenvalue weighted by Crippen LogP contribution is 2.34. The first-order valence-corrected chi connectivity index (χ1v) is 7.00. The second-order valence-corrected chi connectivity index (χ2v) is 5.45. The van der Waals surface area contributed by atoms with Crippen LogP contribution in [0.3, 0.4) is 0 Å². The zero-order chi connectivity index (χ0) is 16.6. The number of allylic oxidation sites excluding steroid dienone is 4. The quantitative estimate of drug-likeness (QED) is 0.407. The molecule has 0 saturated heterocycles. The van der Waals surface area contributed by atoms with Crippen LogP contribution in [-0.2, 0) is 0 Å². The molecule has 1 aromatic carbocycles. The number of alkyl halides is 3. The molecule has 0 N–H and O–H groups in total. The van der Waals surface area contributed by atoms with E-state index in [0.29, 0.717) is 5.57 Å². The summed E-state index contributed by atoms with van der Waals surface area (Å²) < 4.78 is 36.5. The maximum absolute atomic E-state index is 12.2. The molecule has 0 amide bonds. The van der Waals surface area contributed by atoms with Gasteiger partial charge in [0.2, 0.25) is 0 Å². The lowest BCUT2D eigenvalue weighted by atomic mass is 10.1. The number of hydrogen-bond donors (Lipinski definition) is 0. The third-order valence-electron chi connectivity index (χ3n) is 2.32. The molecule has 0 saturated carbocycles. The van der Waals surface area contributed by atoms with Gasteiger partial charge in [-0.2, -0.15) is 18.4 Å². The van der Waals surface area contributed by atoms with E-state index in [-0.39, 0.29) is 10.1 Å². The van der Waals surface area contributed by atoms with E-state index in [0.717, 1.165) is 11.9 Å². The fourth-order valence-corrected chi connectivity index (χ4v) is 1.96. The monoisotopic (exact) mass is 379 g/mol. The van der Waals surface area contributed by atoms with E-state index in [4.69, 9.17) is 16.9 Å². The molecule has 0 aromatic heterocycles. The minimum atomic E-state index is -4.41. The second kappa shape index (κ2) is 8.91. The summed E-state index contributed by atoms with van der Waals surface area (Å²) in [5, 5.41) is 9.44. The Morgan fingerprint density at radius 2 is 1.62 bits per heavy atom. The lowest BCUT2D eigenvalue weighted by Gasteiger charge is -2.10.